The molecule has 0 bridgehead atoms. The lowest BCUT2D eigenvalue weighted by Crippen LogP contribution is -2.18. The Morgan fingerprint density at radius 3 is 2.60 bits per heavy atom. The maximum Gasteiger partial charge on any atom is 0.137 e. The van der Waals surface area contributed by atoms with Crippen LogP contribution in [0.15, 0.2) is 48.8 Å². The van der Waals surface area contributed by atoms with Crippen LogP contribution in [-0.2, 0) is 0 Å². The van der Waals surface area contributed by atoms with Crippen LogP contribution in [0.1, 0.15) is 43.4 Å². The molecule has 0 aliphatic heterocycles. The van der Waals surface area contributed by atoms with Gasteiger partial charge in [-0.3, -0.25) is 4.98 Å². The number of benzene rings is 1. The van der Waals surface area contributed by atoms with E-state index in [1.54, 1.807) is 6.20 Å². The summed E-state index contributed by atoms with van der Waals surface area (Å²) in [5.41, 5.74) is 8.62. The van der Waals surface area contributed by atoms with Gasteiger partial charge in [-0.15, -0.1) is 0 Å². The molecular formula is C17H22N2O. The normalized spacial score (nSPS) is 13.8. The molecule has 3 heteroatoms. The van der Waals surface area contributed by atoms with Gasteiger partial charge in [0.05, 0.1) is 12.8 Å². The number of rotatable bonds is 6. The van der Waals surface area contributed by atoms with Crippen LogP contribution < -0.4 is 10.5 Å². The molecule has 1 aromatic carbocycles. The van der Waals surface area contributed by atoms with E-state index in [1.807, 2.05) is 30.5 Å². The lowest BCUT2D eigenvalue weighted by Gasteiger charge is -2.21. The van der Waals surface area contributed by atoms with E-state index < -0.39 is 0 Å². The summed E-state index contributed by atoms with van der Waals surface area (Å²) in [7, 11) is 0. The zero-order valence-corrected chi connectivity index (χ0v) is 12.1. The molecule has 0 saturated heterocycles. The van der Waals surface area contributed by atoms with E-state index in [4.69, 9.17) is 10.5 Å². The SMILES string of the molecule is CCCOc1cncc(C(N)C(C)c2ccccc2)c1. The van der Waals surface area contributed by atoms with E-state index in [9.17, 15) is 0 Å². The summed E-state index contributed by atoms with van der Waals surface area (Å²) in [5, 5.41) is 0. The Balaban J connectivity index is 2.14. The van der Waals surface area contributed by atoms with Gasteiger partial charge in [-0.1, -0.05) is 44.2 Å². The minimum Gasteiger partial charge on any atom is -0.492 e. The molecule has 0 saturated carbocycles. The van der Waals surface area contributed by atoms with Crippen molar-refractivity contribution in [1.29, 1.82) is 0 Å². The number of nitrogens with two attached hydrogens (primary N) is 1. The Morgan fingerprint density at radius 2 is 1.90 bits per heavy atom. The molecule has 2 N–H and O–H groups in total. The van der Waals surface area contributed by atoms with Crippen LogP contribution in [0.4, 0.5) is 0 Å². The molecule has 1 aromatic heterocycles. The summed E-state index contributed by atoms with van der Waals surface area (Å²) in [6.07, 6.45) is 4.54. The van der Waals surface area contributed by atoms with Gasteiger partial charge in [0.1, 0.15) is 5.75 Å². The number of nitrogens with zero attached hydrogens (tertiary/aromatic N) is 1. The van der Waals surface area contributed by atoms with E-state index in [2.05, 4.69) is 31.0 Å². The highest BCUT2D eigenvalue weighted by Crippen LogP contribution is 2.29. The molecule has 2 unspecified atom stereocenters. The van der Waals surface area contributed by atoms with Crippen molar-refractivity contribution < 1.29 is 4.74 Å². The fourth-order valence-electron chi connectivity index (χ4n) is 2.17. The van der Waals surface area contributed by atoms with Gasteiger partial charge in [-0.2, -0.15) is 0 Å². The molecule has 0 radical (unpaired) electrons. The van der Waals surface area contributed by atoms with Gasteiger partial charge in [0.2, 0.25) is 0 Å². The van der Waals surface area contributed by atoms with Crippen molar-refractivity contribution >= 4 is 0 Å². The summed E-state index contributed by atoms with van der Waals surface area (Å²) >= 11 is 0. The molecule has 2 atom stereocenters. The predicted molar refractivity (Wildman–Crippen MR) is 81.8 cm³/mol. The number of ether oxygens (including phenoxy) is 1. The van der Waals surface area contributed by atoms with Gasteiger partial charge in [0.25, 0.3) is 0 Å². The first-order valence-corrected chi connectivity index (χ1v) is 7.10. The average Bonchev–Trinajstić information content (AvgIpc) is 2.52. The van der Waals surface area contributed by atoms with E-state index in [0.717, 1.165) is 17.7 Å². The molecule has 3 nitrogen and oxygen atoms in total. The van der Waals surface area contributed by atoms with E-state index in [-0.39, 0.29) is 12.0 Å². The summed E-state index contributed by atoms with van der Waals surface area (Å²) in [4.78, 5) is 4.23. The molecule has 2 aromatic rings. The van der Waals surface area contributed by atoms with Gasteiger partial charge < -0.3 is 10.5 Å². The van der Waals surface area contributed by atoms with Gasteiger partial charge in [-0.05, 0) is 23.6 Å². The molecule has 2 rings (SSSR count). The van der Waals surface area contributed by atoms with Gasteiger partial charge in [-0.25, -0.2) is 0 Å². The van der Waals surface area contributed by atoms with Crippen LogP contribution in [0.25, 0.3) is 0 Å². The Bertz CT molecular complexity index is 528. The average molecular weight is 270 g/mol. The third-order valence-electron chi connectivity index (χ3n) is 3.46. The van der Waals surface area contributed by atoms with Crippen molar-refractivity contribution in [3.8, 4) is 5.75 Å². The Morgan fingerprint density at radius 1 is 1.15 bits per heavy atom. The van der Waals surface area contributed by atoms with E-state index in [1.165, 1.54) is 5.56 Å². The highest BCUT2D eigenvalue weighted by atomic mass is 16.5. The number of hydrogen-bond acceptors (Lipinski definition) is 3. The maximum absolute atomic E-state index is 6.37. The molecular weight excluding hydrogens is 248 g/mol. The highest BCUT2D eigenvalue weighted by molar-refractivity contribution is 5.30. The van der Waals surface area contributed by atoms with Gasteiger partial charge in [0.15, 0.2) is 0 Å². The van der Waals surface area contributed by atoms with E-state index in [0.29, 0.717) is 6.61 Å². The predicted octanol–water partition coefficient (Wildman–Crippen LogP) is 3.67. The topological polar surface area (TPSA) is 48.1 Å². The molecule has 0 aliphatic rings. The Labute approximate surface area is 120 Å². The minimum atomic E-state index is -0.0879. The second kappa shape index (κ2) is 7.06. The highest BCUT2D eigenvalue weighted by Gasteiger charge is 2.17. The first-order valence-electron chi connectivity index (χ1n) is 7.10. The number of pyridine rings is 1. The Hall–Kier alpha value is -1.87. The second-order valence-corrected chi connectivity index (χ2v) is 5.03. The van der Waals surface area contributed by atoms with Crippen molar-refractivity contribution in [2.24, 2.45) is 5.73 Å². The lowest BCUT2D eigenvalue weighted by molar-refractivity contribution is 0.315. The van der Waals surface area contributed by atoms with Crippen molar-refractivity contribution in [3.63, 3.8) is 0 Å². The van der Waals surface area contributed by atoms with Gasteiger partial charge in [0, 0.05) is 18.2 Å². The van der Waals surface area contributed by atoms with Crippen LogP contribution in [0.5, 0.6) is 5.75 Å². The largest absolute Gasteiger partial charge is 0.492 e. The Kier molecular flexibility index (Phi) is 5.13. The lowest BCUT2D eigenvalue weighted by atomic mass is 9.90. The fraction of sp³-hybridized carbons (Fsp3) is 0.353. The fourth-order valence-corrected chi connectivity index (χ4v) is 2.17. The first kappa shape index (κ1) is 14.5. The van der Waals surface area contributed by atoms with Crippen LogP contribution in [0.2, 0.25) is 0 Å². The summed E-state index contributed by atoms with van der Waals surface area (Å²) in [6, 6.07) is 12.2. The number of aromatic nitrogens is 1. The van der Waals surface area contributed by atoms with Crippen molar-refractivity contribution in [1.82, 2.24) is 4.98 Å². The van der Waals surface area contributed by atoms with Crippen molar-refractivity contribution in [2.75, 3.05) is 6.61 Å². The molecule has 0 aliphatic carbocycles. The summed E-state index contributed by atoms with van der Waals surface area (Å²) < 4.78 is 5.61. The maximum atomic E-state index is 6.37. The summed E-state index contributed by atoms with van der Waals surface area (Å²) in [5.74, 6) is 1.03. The smallest absolute Gasteiger partial charge is 0.137 e. The van der Waals surface area contributed by atoms with Crippen molar-refractivity contribution in [3.05, 3.63) is 59.9 Å². The van der Waals surface area contributed by atoms with Crippen LogP contribution in [0, 0.1) is 0 Å². The second-order valence-electron chi connectivity index (χ2n) is 5.03. The third kappa shape index (κ3) is 3.58. The molecule has 1 heterocycles. The quantitative estimate of drug-likeness (QED) is 0.871. The minimum absolute atomic E-state index is 0.0879. The van der Waals surface area contributed by atoms with Gasteiger partial charge >= 0.3 is 0 Å². The molecule has 106 valence electrons. The van der Waals surface area contributed by atoms with Crippen LogP contribution >= 0.6 is 0 Å². The molecule has 20 heavy (non-hydrogen) atoms. The molecule has 0 amide bonds. The zero-order valence-electron chi connectivity index (χ0n) is 12.1. The molecule has 0 fully saturated rings. The zero-order chi connectivity index (χ0) is 14.4. The first-order chi connectivity index (χ1) is 9.72. The molecule has 0 spiro atoms. The third-order valence-corrected chi connectivity index (χ3v) is 3.46. The summed E-state index contributed by atoms with van der Waals surface area (Å²) in [6.45, 7) is 4.93. The standard InChI is InChI=1S/C17H22N2O/c1-3-9-20-16-10-15(11-19-12-16)17(18)13(2)14-7-5-4-6-8-14/h4-8,10-13,17H,3,9,18H2,1-2H3. The van der Waals surface area contributed by atoms with Crippen LogP contribution in [0.3, 0.4) is 0 Å². The monoisotopic (exact) mass is 270 g/mol. The van der Waals surface area contributed by atoms with E-state index >= 15 is 0 Å². The number of hydrogen-bond donors (Lipinski definition) is 1. The van der Waals surface area contributed by atoms with Crippen LogP contribution in [-0.4, -0.2) is 11.6 Å². The van der Waals surface area contributed by atoms with Crippen molar-refractivity contribution in [2.45, 2.75) is 32.2 Å².